The van der Waals surface area contributed by atoms with Crippen molar-refractivity contribution in [2.24, 2.45) is 0 Å². The average molecular weight is 288 g/mol. The molecule has 0 spiro atoms. The lowest BCUT2D eigenvalue weighted by molar-refractivity contribution is 0.641. The summed E-state index contributed by atoms with van der Waals surface area (Å²) >= 11 is 0. The van der Waals surface area contributed by atoms with Gasteiger partial charge in [-0.1, -0.05) is 6.92 Å². The number of nitrogen functional groups attached to an aromatic ring is 1. The van der Waals surface area contributed by atoms with Gasteiger partial charge in [0.2, 0.25) is 0 Å². The maximum atomic E-state index is 11.8. The van der Waals surface area contributed by atoms with Crippen molar-refractivity contribution in [3.05, 3.63) is 20.8 Å². The van der Waals surface area contributed by atoms with Crippen LogP contribution in [0.2, 0.25) is 0 Å². The Balaban J connectivity index is 3.13. The van der Waals surface area contributed by atoms with E-state index in [2.05, 4.69) is 10.3 Å². The Morgan fingerprint density at radius 3 is 2.63 bits per heavy atom. The molecule has 2 unspecified atom stereocenters. The van der Waals surface area contributed by atoms with Gasteiger partial charge in [-0.3, -0.25) is 18.6 Å². The fraction of sp³-hybridized carbons (Fsp3) is 0.636. The van der Waals surface area contributed by atoms with E-state index < -0.39 is 22.0 Å². The van der Waals surface area contributed by atoms with Crippen molar-refractivity contribution in [3.8, 4) is 0 Å². The summed E-state index contributed by atoms with van der Waals surface area (Å²) in [4.78, 5) is 25.6. The van der Waals surface area contributed by atoms with Crippen molar-refractivity contribution < 1.29 is 4.21 Å². The van der Waals surface area contributed by atoms with E-state index in [9.17, 15) is 13.8 Å². The molecule has 0 fully saturated rings. The Morgan fingerprint density at radius 2 is 2.11 bits per heavy atom. The summed E-state index contributed by atoms with van der Waals surface area (Å²) in [5.41, 5.74) is 4.95. The topological polar surface area (TPSA) is 110 Å². The zero-order valence-electron chi connectivity index (χ0n) is 11.4. The molecule has 0 radical (unpaired) electrons. The second kappa shape index (κ2) is 6.55. The zero-order chi connectivity index (χ0) is 14.6. The standard InChI is InChI=1S/C11H20N4O3S/c1-4-5-15-9(12)8(10(16)14-11(15)17)13-7(2)6-19(3)18/h7,13H,4-6,12H2,1-3H3,(H,14,16,17). The van der Waals surface area contributed by atoms with E-state index in [-0.39, 0.29) is 17.5 Å². The molecule has 19 heavy (non-hydrogen) atoms. The predicted octanol–water partition coefficient (Wildman–Crippen LogP) is -0.292. The molecule has 0 saturated heterocycles. The first kappa shape index (κ1) is 15.5. The first-order chi connectivity index (χ1) is 8.86. The van der Waals surface area contributed by atoms with Crippen LogP contribution in [0.25, 0.3) is 0 Å². The van der Waals surface area contributed by atoms with E-state index in [0.29, 0.717) is 12.3 Å². The van der Waals surface area contributed by atoms with Crippen LogP contribution in [-0.4, -0.2) is 31.8 Å². The second-order valence-corrected chi connectivity index (χ2v) is 5.94. The number of nitrogens with zero attached hydrogens (tertiary/aromatic N) is 1. The molecule has 7 nitrogen and oxygen atoms in total. The van der Waals surface area contributed by atoms with Crippen molar-refractivity contribution >= 4 is 22.3 Å². The number of aromatic nitrogens is 2. The Bertz CT molecular complexity index is 578. The maximum absolute atomic E-state index is 11.8. The molecular weight excluding hydrogens is 268 g/mol. The molecule has 1 rings (SSSR count). The van der Waals surface area contributed by atoms with Gasteiger partial charge in [-0.25, -0.2) is 4.79 Å². The number of nitrogens with one attached hydrogen (secondary N) is 2. The van der Waals surface area contributed by atoms with Gasteiger partial charge in [-0.05, 0) is 13.3 Å². The molecule has 1 heterocycles. The van der Waals surface area contributed by atoms with Crippen molar-refractivity contribution in [3.63, 3.8) is 0 Å². The smallest absolute Gasteiger partial charge is 0.330 e. The largest absolute Gasteiger partial charge is 0.383 e. The molecule has 0 bridgehead atoms. The minimum absolute atomic E-state index is 0.115. The second-order valence-electron chi connectivity index (χ2n) is 4.46. The number of hydrogen-bond acceptors (Lipinski definition) is 5. The van der Waals surface area contributed by atoms with Gasteiger partial charge in [0, 0.05) is 35.4 Å². The molecule has 0 aliphatic rings. The molecule has 8 heteroatoms. The highest BCUT2D eigenvalue weighted by molar-refractivity contribution is 7.84. The maximum Gasteiger partial charge on any atom is 0.330 e. The Kier molecular flexibility index (Phi) is 5.34. The van der Waals surface area contributed by atoms with Gasteiger partial charge < -0.3 is 11.1 Å². The fourth-order valence-corrected chi connectivity index (χ4v) is 2.60. The quantitative estimate of drug-likeness (QED) is 0.666. The number of rotatable bonds is 6. The van der Waals surface area contributed by atoms with Crippen LogP contribution in [0.4, 0.5) is 11.5 Å². The summed E-state index contributed by atoms with van der Waals surface area (Å²) in [5.74, 6) is 0.510. The normalized spacial score (nSPS) is 14.1. The summed E-state index contributed by atoms with van der Waals surface area (Å²) in [6, 6.07) is -0.179. The summed E-state index contributed by atoms with van der Waals surface area (Å²) in [7, 11) is -0.980. The Hall–Kier alpha value is -1.57. The van der Waals surface area contributed by atoms with Gasteiger partial charge in [0.25, 0.3) is 5.56 Å². The zero-order valence-corrected chi connectivity index (χ0v) is 12.2. The number of H-pyrrole nitrogens is 1. The van der Waals surface area contributed by atoms with E-state index in [1.165, 1.54) is 4.57 Å². The van der Waals surface area contributed by atoms with E-state index in [1.54, 1.807) is 13.2 Å². The number of nitrogens with two attached hydrogens (primary N) is 1. The van der Waals surface area contributed by atoms with Crippen molar-refractivity contribution in [1.82, 2.24) is 9.55 Å². The van der Waals surface area contributed by atoms with Gasteiger partial charge in [-0.15, -0.1) is 0 Å². The summed E-state index contributed by atoms with van der Waals surface area (Å²) in [5, 5.41) is 2.91. The predicted molar refractivity (Wildman–Crippen MR) is 78.0 cm³/mol. The van der Waals surface area contributed by atoms with Crippen LogP contribution >= 0.6 is 0 Å². The lowest BCUT2D eigenvalue weighted by Gasteiger charge is -2.17. The molecular formula is C11H20N4O3S. The molecule has 0 saturated carbocycles. The number of hydrogen-bond donors (Lipinski definition) is 3. The highest BCUT2D eigenvalue weighted by Gasteiger charge is 2.14. The van der Waals surface area contributed by atoms with Gasteiger partial charge in [0.1, 0.15) is 11.5 Å². The monoisotopic (exact) mass is 288 g/mol. The van der Waals surface area contributed by atoms with E-state index in [0.717, 1.165) is 6.42 Å². The first-order valence-corrected chi connectivity index (χ1v) is 7.78. The van der Waals surface area contributed by atoms with Crippen molar-refractivity contribution in [1.29, 1.82) is 0 Å². The van der Waals surface area contributed by atoms with Gasteiger partial charge in [0.15, 0.2) is 0 Å². The van der Waals surface area contributed by atoms with Crippen molar-refractivity contribution in [2.45, 2.75) is 32.9 Å². The molecule has 0 aliphatic heterocycles. The first-order valence-electron chi connectivity index (χ1n) is 6.06. The van der Waals surface area contributed by atoms with Gasteiger partial charge >= 0.3 is 5.69 Å². The van der Waals surface area contributed by atoms with Crippen LogP contribution in [0.5, 0.6) is 0 Å². The fourth-order valence-electron chi connectivity index (χ4n) is 1.81. The van der Waals surface area contributed by atoms with Crippen LogP contribution in [0.1, 0.15) is 20.3 Å². The van der Waals surface area contributed by atoms with Crippen molar-refractivity contribution in [2.75, 3.05) is 23.1 Å². The molecule has 2 atom stereocenters. The molecule has 1 aromatic rings. The van der Waals surface area contributed by atoms with Crippen LogP contribution in [0.3, 0.4) is 0 Å². The lowest BCUT2D eigenvalue weighted by Crippen LogP contribution is -2.36. The summed E-state index contributed by atoms with van der Waals surface area (Å²) < 4.78 is 12.5. The van der Waals surface area contributed by atoms with Gasteiger partial charge in [0.05, 0.1) is 0 Å². The molecule has 1 aromatic heterocycles. The van der Waals surface area contributed by atoms with Crippen LogP contribution in [-0.2, 0) is 17.3 Å². The number of aromatic amines is 1. The highest BCUT2D eigenvalue weighted by atomic mass is 32.2. The van der Waals surface area contributed by atoms with E-state index in [4.69, 9.17) is 5.73 Å². The van der Waals surface area contributed by atoms with Crippen LogP contribution < -0.4 is 22.3 Å². The average Bonchev–Trinajstić information content (AvgIpc) is 2.29. The van der Waals surface area contributed by atoms with Gasteiger partial charge in [-0.2, -0.15) is 0 Å². The summed E-state index contributed by atoms with van der Waals surface area (Å²) in [6.07, 6.45) is 2.31. The third-order valence-electron chi connectivity index (χ3n) is 2.56. The molecule has 0 amide bonds. The molecule has 0 aromatic carbocycles. The highest BCUT2D eigenvalue weighted by Crippen LogP contribution is 2.11. The molecule has 0 aliphatic carbocycles. The Labute approximate surface area is 113 Å². The van der Waals surface area contributed by atoms with Crippen LogP contribution in [0.15, 0.2) is 9.59 Å². The third-order valence-corrected chi connectivity index (χ3v) is 3.53. The molecule has 4 N–H and O–H groups in total. The Morgan fingerprint density at radius 1 is 1.47 bits per heavy atom. The summed E-state index contributed by atoms with van der Waals surface area (Å²) in [6.45, 7) is 4.15. The van der Waals surface area contributed by atoms with E-state index >= 15 is 0 Å². The third kappa shape index (κ3) is 3.95. The minimum atomic E-state index is -0.980. The SMILES string of the molecule is CCCn1c(N)c(NC(C)CS(C)=O)c(=O)[nH]c1=O. The molecule has 108 valence electrons. The van der Waals surface area contributed by atoms with E-state index in [1.807, 2.05) is 6.92 Å². The number of anilines is 2. The van der Waals surface area contributed by atoms with Crippen LogP contribution in [0, 0.1) is 0 Å². The lowest BCUT2D eigenvalue weighted by atomic mass is 10.3. The minimum Gasteiger partial charge on any atom is -0.383 e.